The summed E-state index contributed by atoms with van der Waals surface area (Å²) < 4.78 is 0. The Hall–Kier alpha value is -1.10. The Morgan fingerprint density at radius 3 is 3.07 bits per heavy atom. The molecule has 0 unspecified atom stereocenters. The van der Waals surface area contributed by atoms with Crippen molar-refractivity contribution in [2.24, 2.45) is 0 Å². The van der Waals surface area contributed by atoms with Crippen LogP contribution in [0.25, 0.3) is 0 Å². The van der Waals surface area contributed by atoms with Gasteiger partial charge in [-0.05, 0) is 18.7 Å². The van der Waals surface area contributed by atoms with Gasteiger partial charge in [-0.25, -0.2) is 9.97 Å². The Labute approximate surface area is 88.6 Å². The number of carbonyl (C=O) groups is 1. The lowest BCUT2D eigenvalue weighted by atomic mass is 10.3. The zero-order valence-electron chi connectivity index (χ0n) is 8.03. The molecule has 0 aliphatic heterocycles. The summed E-state index contributed by atoms with van der Waals surface area (Å²) in [5.41, 5.74) is 0.824. The van der Waals surface area contributed by atoms with E-state index in [9.17, 15) is 4.79 Å². The van der Waals surface area contributed by atoms with Crippen molar-refractivity contribution in [2.45, 2.75) is 19.9 Å². The Balaban J connectivity index is 2.41. The molecule has 0 radical (unpaired) electrons. The predicted molar refractivity (Wildman–Crippen MR) is 57.1 cm³/mol. The van der Waals surface area contributed by atoms with Gasteiger partial charge in [-0.3, -0.25) is 4.79 Å². The van der Waals surface area contributed by atoms with Crippen LogP contribution in [0.2, 0.25) is 0 Å². The smallest absolute Gasteiger partial charge is 0.221 e. The number of nitrogens with one attached hydrogen (secondary N) is 1. The maximum Gasteiger partial charge on any atom is 0.221 e. The van der Waals surface area contributed by atoms with Crippen molar-refractivity contribution in [3.8, 4) is 0 Å². The van der Waals surface area contributed by atoms with Crippen molar-refractivity contribution in [3.05, 3.63) is 23.8 Å². The van der Waals surface area contributed by atoms with Gasteiger partial charge in [0.05, 0.1) is 12.2 Å². The number of amides is 1. The molecular formula is C9H13N3OS. The zero-order valence-corrected chi connectivity index (χ0v) is 8.92. The van der Waals surface area contributed by atoms with Crippen LogP contribution in [0, 0.1) is 6.92 Å². The van der Waals surface area contributed by atoms with Crippen LogP contribution in [0.15, 0.2) is 12.3 Å². The van der Waals surface area contributed by atoms with Gasteiger partial charge in [0.1, 0.15) is 5.82 Å². The second-order valence-electron chi connectivity index (χ2n) is 2.85. The molecule has 1 heterocycles. The number of nitrogens with zero attached hydrogens (tertiary/aromatic N) is 2. The summed E-state index contributed by atoms with van der Waals surface area (Å²) in [6.07, 6.45) is 2.12. The molecule has 0 fully saturated rings. The van der Waals surface area contributed by atoms with Crippen LogP contribution in [0.4, 0.5) is 0 Å². The van der Waals surface area contributed by atoms with Gasteiger partial charge in [0.25, 0.3) is 0 Å². The second kappa shape index (κ2) is 5.59. The van der Waals surface area contributed by atoms with Gasteiger partial charge in [-0.15, -0.1) is 0 Å². The topological polar surface area (TPSA) is 54.9 Å². The van der Waals surface area contributed by atoms with Crippen molar-refractivity contribution in [2.75, 3.05) is 5.75 Å². The SMILES string of the molecule is Cc1nccc(CNC(=O)CCS)n1. The standard InChI is InChI=1S/C9H13N3OS/c1-7-10-4-2-8(12-7)6-11-9(13)3-5-14/h2,4,14H,3,5-6H2,1H3,(H,11,13). The van der Waals surface area contributed by atoms with E-state index in [-0.39, 0.29) is 5.91 Å². The molecule has 0 atom stereocenters. The molecule has 5 heteroatoms. The number of hydrogen-bond acceptors (Lipinski definition) is 4. The van der Waals surface area contributed by atoms with Crippen molar-refractivity contribution in [1.29, 1.82) is 0 Å². The van der Waals surface area contributed by atoms with Gasteiger partial charge >= 0.3 is 0 Å². The second-order valence-corrected chi connectivity index (χ2v) is 3.29. The van der Waals surface area contributed by atoms with E-state index in [1.54, 1.807) is 12.3 Å². The van der Waals surface area contributed by atoms with Crippen LogP contribution in [-0.4, -0.2) is 21.6 Å². The molecule has 0 spiro atoms. The predicted octanol–water partition coefficient (Wildman–Crippen LogP) is 0.721. The highest BCUT2D eigenvalue weighted by Gasteiger charge is 2.00. The third-order valence-corrected chi connectivity index (χ3v) is 1.86. The molecule has 4 nitrogen and oxygen atoms in total. The monoisotopic (exact) mass is 211 g/mol. The van der Waals surface area contributed by atoms with Gasteiger partial charge in [-0.1, -0.05) is 0 Å². The van der Waals surface area contributed by atoms with Crippen molar-refractivity contribution >= 4 is 18.5 Å². The highest BCUT2D eigenvalue weighted by atomic mass is 32.1. The number of rotatable bonds is 4. The van der Waals surface area contributed by atoms with E-state index in [4.69, 9.17) is 0 Å². The average Bonchev–Trinajstić information content (AvgIpc) is 2.15. The molecule has 0 bridgehead atoms. The van der Waals surface area contributed by atoms with Crippen LogP contribution in [-0.2, 0) is 11.3 Å². The Kier molecular flexibility index (Phi) is 4.39. The maximum absolute atomic E-state index is 11.1. The van der Waals surface area contributed by atoms with E-state index in [2.05, 4.69) is 27.9 Å². The lowest BCUT2D eigenvalue weighted by molar-refractivity contribution is -0.120. The first-order valence-electron chi connectivity index (χ1n) is 4.38. The highest BCUT2D eigenvalue weighted by molar-refractivity contribution is 7.80. The van der Waals surface area contributed by atoms with Crippen molar-refractivity contribution < 1.29 is 4.79 Å². The Morgan fingerprint density at radius 2 is 2.43 bits per heavy atom. The van der Waals surface area contributed by atoms with Crippen LogP contribution in [0.3, 0.4) is 0 Å². The zero-order chi connectivity index (χ0) is 10.4. The fourth-order valence-corrected chi connectivity index (χ4v) is 1.19. The quantitative estimate of drug-likeness (QED) is 0.722. The number of thiol groups is 1. The molecule has 0 aliphatic carbocycles. The molecule has 1 aromatic rings. The minimum atomic E-state index is -0.00346. The number of hydrogen-bond donors (Lipinski definition) is 2. The van der Waals surface area contributed by atoms with Crippen molar-refractivity contribution in [3.63, 3.8) is 0 Å². The summed E-state index contributed by atoms with van der Waals surface area (Å²) in [5, 5.41) is 2.75. The largest absolute Gasteiger partial charge is 0.350 e. The van der Waals surface area contributed by atoms with E-state index in [0.29, 0.717) is 24.5 Å². The molecule has 14 heavy (non-hydrogen) atoms. The van der Waals surface area contributed by atoms with E-state index in [1.165, 1.54) is 0 Å². The normalized spacial score (nSPS) is 9.86. The first-order chi connectivity index (χ1) is 6.72. The van der Waals surface area contributed by atoms with Gasteiger partial charge in [0.15, 0.2) is 0 Å². The highest BCUT2D eigenvalue weighted by Crippen LogP contribution is 1.94. The molecule has 1 N–H and O–H groups in total. The maximum atomic E-state index is 11.1. The minimum absolute atomic E-state index is 0.00346. The fraction of sp³-hybridized carbons (Fsp3) is 0.444. The van der Waals surface area contributed by atoms with Crippen LogP contribution in [0.5, 0.6) is 0 Å². The fourth-order valence-electron chi connectivity index (χ4n) is 0.983. The molecule has 1 aromatic heterocycles. The van der Waals surface area contributed by atoms with E-state index < -0.39 is 0 Å². The molecule has 76 valence electrons. The number of aryl methyl sites for hydroxylation is 1. The van der Waals surface area contributed by atoms with E-state index >= 15 is 0 Å². The van der Waals surface area contributed by atoms with Crippen LogP contribution < -0.4 is 5.32 Å². The Bertz CT molecular complexity index is 317. The summed E-state index contributed by atoms with van der Waals surface area (Å²) in [4.78, 5) is 19.2. The average molecular weight is 211 g/mol. The number of carbonyl (C=O) groups excluding carboxylic acids is 1. The lowest BCUT2D eigenvalue weighted by Gasteiger charge is -2.03. The van der Waals surface area contributed by atoms with Gasteiger partial charge < -0.3 is 5.32 Å². The molecule has 0 saturated heterocycles. The van der Waals surface area contributed by atoms with Crippen LogP contribution >= 0.6 is 12.6 Å². The summed E-state index contributed by atoms with van der Waals surface area (Å²) in [6, 6.07) is 1.79. The molecule has 0 saturated carbocycles. The third-order valence-electron chi connectivity index (χ3n) is 1.64. The van der Waals surface area contributed by atoms with Gasteiger partial charge in [-0.2, -0.15) is 12.6 Å². The Morgan fingerprint density at radius 1 is 1.64 bits per heavy atom. The minimum Gasteiger partial charge on any atom is -0.350 e. The summed E-state index contributed by atoms with van der Waals surface area (Å²) in [7, 11) is 0. The first-order valence-corrected chi connectivity index (χ1v) is 5.01. The van der Waals surface area contributed by atoms with E-state index in [1.807, 2.05) is 6.92 Å². The van der Waals surface area contributed by atoms with Gasteiger partial charge in [0, 0.05) is 12.6 Å². The molecule has 1 rings (SSSR count). The van der Waals surface area contributed by atoms with Crippen LogP contribution in [0.1, 0.15) is 17.9 Å². The van der Waals surface area contributed by atoms with Crippen molar-refractivity contribution in [1.82, 2.24) is 15.3 Å². The molecule has 0 aromatic carbocycles. The first kappa shape index (κ1) is 11.0. The molecule has 1 amide bonds. The third kappa shape index (κ3) is 3.74. The summed E-state index contributed by atoms with van der Waals surface area (Å²) in [6.45, 7) is 2.27. The molecular weight excluding hydrogens is 198 g/mol. The van der Waals surface area contributed by atoms with Gasteiger partial charge in [0.2, 0.25) is 5.91 Å². The molecule has 0 aliphatic rings. The lowest BCUT2D eigenvalue weighted by Crippen LogP contribution is -2.23. The number of aromatic nitrogens is 2. The summed E-state index contributed by atoms with van der Waals surface area (Å²) in [5.74, 6) is 1.27. The summed E-state index contributed by atoms with van der Waals surface area (Å²) >= 11 is 3.97. The van der Waals surface area contributed by atoms with E-state index in [0.717, 1.165) is 5.69 Å².